The van der Waals surface area contributed by atoms with Gasteiger partial charge in [-0.1, -0.05) is 0 Å². The van der Waals surface area contributed by atoms with E-state index in [4.69, 9.17) is 9.47 Å². The summed E-state index contributed by atoms with van der Waals surface area (Å²) in [4.78, 5) is 14.5. The van der Waals surface area contributed by atoms with Crippen LogP contribution in [0.5, 0.6) is 11.5 Å². The highest BCUT2D eigenvalue weighted by molar-refractivity contribution is 6.04. The van der Waals surface area contributed by atoms with E-state index in [1.165, 1.54) is 0 Å². The molecule has 0 saturated heterocycles. The Kier molecular flexibility index (Phi) is 4.76. The van der Waals surface area contributed by atoms with E-state index in [1.54, 1.807) is 18.2 Å². The molecule has 1 aliphatic rings. The number of hydrogen-bond donors (Lipinski definition) is 2. The minimum atomic E-state index is -0.196. The zero-order chi connectivity index (χ0) is 19.5. The molecule has 3 aromatic rings. The first-order chi connectivity index (χ1) is 13.6. The molecule has 3 aromatic carbocycles. The van der Waals surface area contributed by atoms with E-state index in [2.05, 4.69) is 27.7 Å². The van der Waals surface area contributed by atoms with Crippen LogP contribution in [0.1, 0.15) is 10.4 Å². The van der Waals surface area contributed by atoms with Gasteiger partial charge in [-0.25, -0.2) is 0 Å². The molecule has 1 heterocycles. The number of fused-ring (bicyclic) bond motifs is 1. The molecule has 142 valence electrons. The Labute approximate surface area is 163 Å². The lowest BCUT2D eigenvalue weighted by Crippen LogP contribution is -2.11. The van der Waals surface area contributed by atoms with Crippen molar-refractivity contribution in [1.29, 1.82) is 0 Å². The maximum atomic E-state index is 12.4. The van der Waals surface area contributed by atoms with Gasteiger partial charge in [-0.2, -0.15) is 0 Å². The van der Waals surface area contributed by atoms with Gasteiger partial charge in [0.25, 0.3) is 5.91 Å². The van der Waals surface area contributed by atoms with Crippen molar-refractivity contribution in [2.45, 2.75) is 0 Å². The molecule has 0 saturated carbocycles. The molecule has 28 heavy (non-hydrogen) atoms. The van der Waals surface area contributed by atoms with Gasteiger partial charge in [-0.05, 0) is 66.7 Å². The van der Waals surface area contributed by atoms with E-state index >= 15 is 0 Å². The Morgan fingerprint density at radius 1 is 0.821 bits per heavy atom. The van der Waals surface area contributed by atoms with Crippen LogP contribution in [0, 0.1) is 0 Å². The van der Waals surface area contributed by atoms with Gasteiger partial charge in [0.15, 0.2) is 11.5 Å². The highest BCUT2D eigenvalue weighted by atomic mass is 16.7. The number of nitrogens with zero attached hydrogens (tertiary/aromatic N) is 1. The Hall–Kier alpha value is -3.67. The Morgan fingerprint density at radius 3 is 2.11 bits per heavy atom. The summed E-state index contributed by atoms with van der Waals surface area (Å²) in [5.74, 6) is 1.05. The Bertz CT molecular complexity index is 983. The molecule has 0 radical (unpaired) electrons. The van der Waals surface area contributed by atoms with Crippen LogP contribution in [-0.4, -0.2) is 26.8 Å². The molecule has 0 spiro atoms. The molecule has 0 bridgehead atoms. The molecule has 6 nitrogen and oxygen atoms in total. The number of ether oxygens (including phenoxy) is 2. The van der Waals surface area contributed by atoms with E-state index in [0.29, 0.717) is 17.1 Å². The number of benzene rings is 3. The van der Waals surface area contributed by atoms with E-state index in [9.17, 15) is 4.79 Å². The lowest BCUT2D eigenvalue weighted by atomic mass is 10.2. The minimum Gasteiger partial charge on any atom is -0.454 e. The third-order valence-electron chi connectivity index (χ3n) is 4.45. The summed E-state index contributed by atoms with van der Waals surface area (Å²) in [6, 6.07) is 20.9. The predicted molar refractivity (Wildman–Crippen MR) is 111 cm³/mol. The number of carbonyl (C=O) groups excluding carboxylic acids is 1. The monoisotopic (exact) mass is 375 g/mol. The molecule has 2 N–H and O–H groups in total. The first kappa shape index (κ1) is 17.7. The SMILES string of the molecule is CN(C)c1ccc(Nc2ccc(NC(=O)c3ccc4c(c3)OCO4)cc2)cc1. The van der Waals surface area contributed by atoms with Crippen molar-refractivity contribution in [3.8, 4) is 11.5 Å². The van der Waals surface area contributed by atoms with E-state index < -0.39 is 0 Å². The molecule has 1 aliphatic heterocycles. The summed E-state index contributed by atoms with van der Waals surface area (Å²) in [6.45, 7) is 0.187. The van der Waals surface area contributed by atoms with Crippen molar-refractivity contribution in [3.05, 3.63) is 72.3 Å². The molecule has 0 fully saturated rings. The molecule has 0 atom stereocenters. The van der Waals surface area contributed by atoms with Crippen LogP contribution in [-0.2, 0) is 0 Å². The first-order valence-corrected chi connectivity index (χ1v) is 8.94. The largest absolute Gasteiger partial charge is 0.454 e. The third kappa shape index (κ3) is 3.86. The van der Waals surface area contributed by atoms with Gasteiger partial charge in [0.2, 0.25) is 6.79 Å². The standard InChI is InChI=1S/C22H21N3O3/c1-25(2)19-10-8-17(9-11-19)23-16-4-6-18(7-5-16)24-22(26)15-3-12-20-21(13-15)28-14-27-20/h3-13,23H,14H2,1-2H3,(H,24,26). The summed E-state index contributed by atoms with van der Waals surface area (Å²) >= 11 is 0. The van der Waals surface area contributed by atoms with Crippen LogP contribution in [0.25, 0.3) is 0 Å². The maximum absolute atomic E-state index is 12.4. The summed E-state index contributed by atoms with van der Waals surface area (Å²) in [5.41, 5.74) is 4.33. The van der Waals surface area contributed by atoms with Gasteiger partial charge in [0.05, 0.1) is 0 Å². The number of nitrogens with one attached hydrogen (secondary N) is 2. The zero-order valence-electron chi connectivity index (χ0n) is 15.7. The maximum Gasteiger partial charge on any atom is 0.255 e. The van der Waals surface area contributed by atoms with Gasteiger partial charge in [-0.15, -0.1) is 0 Å². The predicted octanol–water partition coefficient (Wildman–Crippen LogP) is 4.48. The van der Waals surface area contributed by atoms with E-state index in [0.717, 1.165) is 22.7 Å². The van der Waals surface area contributed by atoms with E-state index in [1.807, 2.05) is 50.5 Å². The number of amides is 1. The second-order valence-electron chi connectivity index (χ2n) is 6.67. The second kappa shape index (κ2) is 7.52. The van der Waals surface area contributed by atoms with Crippen molar-refractivity contribution in [2.75, 3.05) is 36.4 Å². The minimum absolute atomic E-state index is 0.187. The van der Waals surface area contributed by atoms with Crippen LogP contribution in [0.15, 0.2) is 66.7 Å². The fourth-order valence-corrected chi connectivity index (χ4v) is 2.89. The van der Waals surface area contributed by atoms with Gasteiger partial charge in [0.1, 0.15) is 0 Å². The summed E-state index contributed by atoms with van der Waals surface area (Å²) in [6.07, 6.45) is 0. The van der Waals surface area contributed by atoms with Crippen LogP contribution in [0.3, 0.4) is 0 Å². The second-order valence-corrected chi connectivity index (χ2v) is 6.67. The van der Waals surface area contributed by atoms with Crippen LogP contribution in [0.2, 0.25) is 0 Å². The molecular formula is C22H21N3O3. The normalized spacial score (nSPS) is 11.8. The third-order valence-corrected chi connectivity index (χ3v) is 4.45. The summed E-state index contributed by atoms with van der Waals surface area (Å²) in [5, 5.41) is 6.24. The van der Waals surface area contributed by atoms with Crippen LogP contribution >= 0.6 is 0 Å². The van der Waals surface area contributed by atoms with Gasteiger partial charge < -0.3 is 25.0 Å². The van der Waals surface area contributed by atoms with Gasteiger partial charge >= 0.3 is 0 Å². The molecule has 0 aliphatic carbocycles. The van der Waals surface area contributed by atoms with Crippen molar-refractivity contribution >= 4 is 28.7 Å². The van der Waals surface area contributed by atoms with Crippen LogP contribution in [0.4, 0.5) is 22.7 Å². The molecule has 4 rings (SSSR count). The number of hydrogen-bond acceptors (Lipinski definition) is 5. The smallest absolute Gasteiger partial charge is 0.255 e. The van der Waals surface area contributed by atoms with Crippen molar-refractivity contribution in [2.24, 2.45) is 0 Å². The zero-order valence-corrected chi connectivity index (χ0v) is 15.7. The van der Waals surface area contributed by atoms with Crippen molar-refractivity contribution < 1.29 is 14.3 Å². The first-order valence-electron chi connectivity index (χ1n) is 8.94. The topological polar surface area (TPSA) is 62.8 Å². The Balaban J connectivity index is 1.39. The number of anilines is 4. The molecule has 1 amide bonds. The lowest BCUT2D eigenvalue weighted by molar-refractivity contribution is 0.102. The quantitative estimate of drug-likeness (QED) is 0.689. The van der Waals surface area contributed by atoms with Crippen LogP contribution < -0.4 is 25.0 Å². The fourth-order valence-electron chi connectivity index (χ4n) is 2.89. The summed E-state index contributed by atoms with van der Waals surface area (Å²) in [7, 11) is 4.03. The van der Waals surface area contributed by atoms with E-state index in [-0.39, 0.29) is 12.7 Å². The Morgan fingerprint density at radius 2 is 1.43 bits per heavy atom. The highest BCUT2D eigenvalue weighted by Crippen LogP contribution is 2.32. The lowest BCUT2D eigenvalue weighted by Gasteiger charge is -2.13. The van der Waals surface area contributed by atoms with Crippen molar-refractivity contribution in [3.63, 3.8) is 0 Å². The number of rotatable bonds is 5. The van der Waals surface area contributed by atoms with Gasteiger partial charge in [-0.3, -0.25) is 4.79 Å². The number of carbonyl (C=O) groups is 1. The highest BCUT2D eigenvalue weighted by Gasteiger charge is 2.16. The average Bonchev–Trinajstić information content (AvgIpc) is 3.17. The molecular weight excluding hydrogens is 354 g/mol. The summed E-state index contributed by atoms with van der Waals surface area (Å²) < 4.78 is 10.6. The molecule has 6 heteroatoms. The van der Waals surface area contributed by atoms with Gasteiger partial charge in [0, 0.05) is 42.4 Å². The molecule has 0 unspecified atom stereocenters. The average molecular weight is 375 g/mol. The van der Waals surface area contributed by atoms with Crippen molar-refractivity contribution in [1.82, 2.24) is 0 Å². The fraction of sp³-hybridized carbons (Fsp3) is 0.136. The molecule has 0 aromatic heterocycles.